The van der Waals surface area contributed by atoms with Crippen LogP contribution in [0, 0.1) is 13.8 Å². The molecule has 2 aromatic heterocycles. The highest BCUT2D eigenvalue weighted by atomic mass is 79.9. The molecule has 2 aromatic rings. The summed E-state index contributed by atoms with van der Waals surface area (Å²) >= 11 is 2.99. The van der Waals surface area contributed by atoms with Crippen LogP contribution in [0.15, 0.2) is 10.5 Å². The van der Waals surface area contributed by atoms with Gasteiger partial charge in [0.15, 0.2) is 5.69 Å². The second-order valence-corrected chi connectivity index (χ2v) is 6.79. The monoisotopic (exact) mass is 417 g/mol. The molecule has 1 N–H and O–H groups in total. The number of alkyl halides is 3. The summed E-state index contributed by atoms with van der Waals surface area (Å²) in [4.78, 5) is 20.4. The van der Waals surface area contributed by atoms with Gasteiger partial charge in [0, 0.05) is 17.3 Å². The number of halogens is 4. The first-order valence-electron chi connectivity index (χ1n) is 7.60. The molecule has 0 atom stereocenters. The van der Waals surface area contributed by atoms with E-state index in [1.165, 1.54) is 0 Å². The number of carbonyl (C=O) groups is 1. The van der Waals surface area contributed by atoms with E-state index < -0.39 is 17.8 Å². The Kier molecular flexibility index (Phi) is 4.56. The molecule has 0 radical (unpaired) electrons. The predicted octanol–water partition coefficient (Wildman–Crippen LogP) is 3.59. The fraction of sp³-hybridized carbons (Fsp3) is 0.467. The molecule has 25 heavy (non-hydrogen) atoms. The topological polar surface area (TPSA) is 72.7 Å². The van der Waals surface area contributed by atoms with Gasteiger partial charge in [0.2, 0.25) is 11.9 Å². The minimum absolute atomic E-state index is 0.0109. The molecule has 1 amide bonds. The van der Waals surface area contributed by atoms with Crippen LogP contribution in [0.25, 0.3) is 0 Å². The molecule has 0 spiro atoms. The Morgan fingerprint density at radius 1 is 1.32 bits per heavy atom. The fourth-order valence-electron chi connectivity index (χ4n) is 2.58. The van der Waals surface area contributed by atoms with Crippen LogP contribution in [-0.2, 0) is 17.5 Å². The van der Waals surface area contributed by atoms with E-state index in [1.807, 2.05) is 0 Å². The Morgan fingerprint density at radius 3 is 2.44 bits per heavy atom. The number of aryl methyl sites for hydroxylation is 2. The number of amides is 1. The van der Waals surface area contributed by atoms with Crippen LogP contribution in [0.1, 0.15) is 41.5 Å². The van der Waals surface area contributed by atoms with E-state index in [1.54, 1.807) is 19.9 Å². The van der Waals surface area contributed by atoms with Crippen molar-refractivity contribution in [3.63, 3.8) is 0 Å². The largest absolute Gasteiger partial charge is 0.436 e. The number of rotatable bonds is 4. The standard InChI is InChI=1S/C15H15BrF3N5O/c1-7-5-8(2)21-14(20-7)22-10(25)6-24-12(9-3-4-9)11(16)13(23-24)15(17,18)19/h5,9H,3-4,6H2,1-2H3,(H,20,21,22,25). The second kappa shape index (κ2) is 6.40. The van der Waals surface area contributed by atoms with Gasteiger partial charge < -0.3 is 0 Å². The summed E-state index contributed by atoms with van der Waals surface area (Å²) in [6, 6.07) is 1.75. The van der Waals surface area contributed by atoms with Gasteiger partial charge in [-0.15, -0.1) is 0 Å². The number of hydrogen-bond donors (Lipinski definition) is 1. The van der Waals surface area contributed by atoms with E-state index in [9.17, 15) is 18.0 Å². The first-order chi connectivity index (χ1) is 11.6. The molecule has 2 heterocycles. The molecule has 0 unspecified atom stereocenters. The molecule has 6 nitrogen and oxygen atoms in total. The van der Waals surface area contributed by atoms with Crippen molar-refractivity contribution < 1.29 is 18.0 Å². The molecule has 0 aromatic carbocycles. The van der Waals surface area contributed by atoms with Crippen LogP contribution < -0.4 is 5.32 Å². The highest BCUT2D eigenvalue weighted by molar-refractivity contribution is 9.10. The lowest BCUT2D eigenvalue weighted by molar-refractivity contribution is -0.142. The maximum absolute atomic E-state index is 13.1. The number of nitrogens with zero attached hydrogens (tertiary/aromatic N) is 4. The highest BCUT2D eigenvalue weighted by Gasteiger charge is 2.41. The molecule has 0 bridgehead atoms. The summed E-state index contributed by atoms with van der Waals surface area (Å²) < 4.78 is 40.2. The molecule has 0 aliphatic heterocycles. The van der Waals surface area contributed by atoms with Crippen molar-refractivity contribution in [2.75, 3.05) is 5.32 Å². The lowest BCUT2D eigenvalue weighted by atomic mass is 10.2. The van der Waals surface area contributed by atoms with Gasteiger partial charge >= 0.3 is 6.18 Å². The average molecular weight is 418 g/mol. The van der Waals surface area contributed by atoms with E-state index in [-0.39, 0.29) is 22.9 Å². The molecule has 134 valence electrons. The third-order valence-corrected chi connectivity index (χ3v) is 4.47. The number of carbonyl (C=O) groups excluding carboxylic acids is 1. The molecule has 1 aliphatic carbocycles. The Hall–Kier alpha value is -1.97. The molecular formula is C15H15BrF3N5O. The summed E-state index contributed by atoms with van der Waals surface area (Å²) in [5.41, 5.74) is 0.763. The third-order valence-electron chi connectivity index (χ3n) is 3.69. The van der Waals surface area contributed by atoms with Gasteiger partial charge in [0.1, 0.15) is 6.54 Å². The summed E-state index contributed by atoms with van der Waals surface area (Å²) in [5.74, 6) is -0.420. The van der Waals surface area contributed by atoms with Gasteiger partial charge in [-0.25, -0.2) is 9.97 Å². The fourth-order valence-corrected chi connectivity index (χ4v) is 3.42. The summed E-state index contributed by atoms with van der Waals surface area (Å²) in [7, 11) is 0. The third kappa shape index (κ3) is 4.00. The Labute approximate surface area is 150 Å². The maximum atomic E-state index is 13.1. The first-order valence-corrected chi connectivity index (χ1v) is 8.40. The maximum Gasteiger partial charge on any atom is 0.436 e. The van der Waals surface area contributed by atoms with Crippen LogP contribution in [0.4, 0.5) is 19.1 Å². The second-order valence-electron chi connectivity index (χ2n) is 6.00. The predicted molar refractivity (Wildman–Crippen MR) is 87.0 cm³/mol. The summed E-state index contributed by atoms with van der Waals surface area (Å²) in [6.07, 6.45) is -3.02. The smallest absolute Gasteiger partial charge is 0.293 e. The van der Waals surface area contributed by atoms with E-state index >= 15 is 0 Å². The van der Waals surface area contributed by atoms with E-state index in [0.29, 0.717) is 17.1 Å². The summed E-state index contributed by atoms with van der Waals surface area (Å²) in [5, 5.41) is 6.11. The Balaban J connectivity index is 1.83. The van der Waals surface area contributed by atoms with Gasteiger partial charge in [0.05, 0.1) is 10.2 Å². The van der Waals surface area contributed by atoms with E-state index in [4.69, 9.17) is 0 Å². The summed E-state index contributed by atoms with van der Waals surface area (Å²) in [6.45, 7) is 3.18. The molecule has 1 aliphatic rings. The number of nitrogens with one attached hydrogen (secondary N) is 1. The molecule has 0 saturated heterocycles. The normalized spacial score (nSPS) is 14.6. The molecule has 3 rings (SSSR count). The zero-order valence-corrected chi connectivity index (χ0v) is 15.1. The van der Waals surface area contributed by atoms with Gasteiger partial charge in [-0.05, 0) is 48.7 Å². The highest BCUT2D eigenvalue weighted by Crippen LogP contribution is 2.46. The molecular weight excluding hydrogens is 403 g/mol. The lowest BCUT2D eigenvalue weighted by Gasteiger charge is -2.08. The van der Waals surface area contributed by atoms with Gasteiger partial charge in [-0.3, -0.25) is 14.8 Å². The van der Waals surface area contributed by atoms with Gasteiger partial charge in [0.25, 0.3) is 0 Å². The molecule has 1 saturated carbocycles. The van der Waals surface area contributed by atoms with E-state index in [0.717, 1.165) is 17.5 Å². The lowest BCUT2D eigenvalue weighted by Crippen LogP contribution is -2.22. The van der Waals surface area contributed by atoms with Crippen molar-refractivity contribution in [3.8, 4) is 0 Å². The van der Waals surface area contributed by atoms with Crippen LogP contribution in [-0.4, -0.2) is 25.7 Å². The average Bonchev–Trinajstić information content (AvgIpc) is 3.21. The Bertz CT molecular complexity index is 809. The van der Waals surface area contributed by atoms with Gasteiger partial charge in [-0.1, -0.05) is 0 Å². The van der Waals surface area contributed by atoms with Crippen molar-refractivity contribution in [1.29, 1.82) is 0 Å². The minimum atomic E-state index is -4.58. The van der Waals surface area contributed by atoms with Crippen molar-refractivity contribution in [3.05, 3.63) is 33.3 Å². The zero-order chi connectivity index (χ0) is 18.4. The number of aromatic nitrogens is 4. The number of hydrogen-bond acceptors (Lipinski definition) is 4. The van der Waals surface area contributed by atoms with Crippen LogP contribution in [0.2, 0.25) is 0 Å². The quantitative estimate of drug-likeness (QED) is 0.824. The minimum Gasteiger partial charge on any atom is -0.293 e. The van der Waals surface area contributed by atoms with Crippen LogP contribution in [0.5, 0.6) is 0 Å². The van der Waals surface area contributed by atoms with Crippen molar-refractivity contribution in [1.82, 2.24) is 19.7 Å². The molecule has 10 heteroatoms. The van der Waals surface area contributed by atoms with Gasteiger partial charge in [-0.2, -0.15) is 18.3 Å². The number of anilines is 1. The SMILES string of the molecule is Cc1cc(C)nc(NC(=O)Cn2nc(C(F)(F)F)c(Br)c2C2CC2)n1. The zero-order valence-electron chi connectivity index (χ0n) is 13.5. The molecule has 1 fully saturated rings. The Morgan fingerprint density at radius 2 is 1.92 bits per heavy atom. The van der Waals surface area contributed by atoms with Crippen molar-refractivity contribution in [2.45, 2.75) is 45.3 Å². The van der Waals surface area contributed by atoms with Crippen molar-refractivity contribution in [2.24, 2.45) is 0 Å². The van der Waals surface area contributed by atoms with Crippen molar-refractivity contribution >= 4 is 27.8 Å². The van der Waals surface area contributed by atoms with Crippen LogP contribution in [0.3, 0.4) is 0 Å². The van der Waals surface area contributed by atoms with Crippen LogP contribution >= 0.6 is 15.9 Å². The van der Waals surface area contributed by atoms with E-state index in [2.05, 4.69) is 36.3 Å². The first kappa shape index (κ1) is 17.8.